The van der Waals surface area contributed by atoms with Crippen molar-refractivity contribution in [3.8, 4) is 0 Å². The first-order chi connectivity index (χ1) is 11.0. The molecule has 0 aromatic carbocycles. The molecule has 1 unspecified atom stereocenters. The zero-order valence-corrected chi connectivity index (χ0v) is 14.5. The molecule has 2 rings (SSSR count). The molecule has 0 bridgehead atoms. The third-order valence-electron chi connectivity index (χ3n) is 4.51. The molecule has 1 saturated heterocycles. The van der Waals surface area contributed by atoms with Gasteiger partial charge < -0.3 is 14.4 Å². The summed E-state index contributed by atoms with van der Waals surface area (Å²) in [5.74, 6) is 2.73. The van der Waals surface area contributed by atoms with Gasteiger partial charge in [0.05, 0.1) is 12.6 Å². The van der Waals surface area contributed by atoms with Crippen molar-refractivity contribution in [2.45, 2.75) is 52.6 Å². The van der Waals surface area contributed by atoms with E-state index in [9.17, 15) is 9.90 Å². The van der Waals surface area contributed by atoms with Crippen LogP contribution in [0.3, 0.4) is 0 Å². The van der Waals surface area contributed by atoms with Crippen molar-refractivity contribution in [1.29, 1.82) is 0 Å². The monoisotopic (exact) mass is 322 g/mol. The topological polar surface area (TPSA) is 65.7 Å². The molecule has 2 heterocycles. The van der Waals surface area contributed by atoms with Gasteiger partial charge in [0.2, 0.25) is 5.91 Å². The molecule has 1 aliphatic heterocycles. The lowest BCUT2D eigenvalue weighted by atomic mass is 9.96. The summed E-state index contributed by atoms with van der Waals surface area (Å²) in [7, 11) is 0. The Morgan fingerprint density at radius 3 is 2.61 bits per heavy atom. The normalized spacial score (nSPS) is 17.7. The van der Waals surface area contributed by atoms with Gasteiger partial charge in [-0.1, -0.05) is 13.8 Å². The first-order valence-electron chi connectivity index (χ1n) is 8.68. The highest BCUT2D eigenvalue weighted by molar-refractivity contribution is 5.82. The molecule has 1 aliphatic rings. The molecule has 1 amide bonds. The average Bonchev–Trinajstić information content (AvgIpc) is 2.96. The molecule has 1 aromatic rings. The summed E-state index contributed by atoms with van der Waals surface area (Å²) in [6.45, 7) is 8.50. The van der Waals surface area contributed by atoms with Crippen LogP contribution in [0.1, 0.15) is 44.6 Å². The Labute approximate surface area is 139 Å². The molecule has 0 spiro atoms. The highest BCUT2D eigenvalue weighted by atomic mass is 16.3. The third-order valence-corrected chi connectivity index (χ3v) is 4.51. The van der Waals surface area contributed by atoms with Crippen molar-refractivity contribution in [2.24, 2.45) is 11.8 Å². The minimum absolute atomic E-state index is 0.175. The van der Waals surface area contributed by atoms with Gasteiger partial charge in [-0.3, -0.25) is 10.1 Å². The Kier molecular flexibility index (Phi) is 6.66. The molecular formula is C18H30N2O3. The zero-order valence-electron chi connectivity index (χ0n) is 14.5. The Morgan fingerprint density at radius 1 is 1.39 bits per heavy atom. The minimum Gasteiger partial charge on any atom is -0.465 e. The first kappa shape index (κ1) is 18.0. The van der Waals surface area contributed by atoms with Gasteiger partial charge in [0.25, 0.3) is 0 Å². The maximum atomic E-state index is 12.8. The number of furan rings is 1. The number of hydrogen-bond acceptors (Lipinski definition) is 4. The van der Waals surface area contributed by atoms with E-state index in [1.165, 1.54) is 0 Å². The highest BCUT2D eigenvalue weighted by Gasteiger charge is 2.28. The fourth-order valence-electron chi connectivity index (χ4n) is 3.10. The largest absolute Gasteiger partial charge is 0.465 e. The van der Waals surface area contributed by atoms with E-state index in [1.54, 1.807) is 0 Å². The third kappa shape index (κ3) is 5.36. The first-order valence-corrected chi connectivity index (χ1v) is 8.68. The lowest BCUT2D eigenvalue weighted by molar-refractivity contribution is -0.135. The Morgan fingerprint density at radius 2 is 2.09 bits per heavy atom. The van der Waals surface area contributed by atoms with Crippen molar-refractivity contribution < 1.29 is 14.3 Å². The van der Waals surface area contributed by atoms with Crippen LogP contribution in [0.5, 0.6) is 0 Å². The number of piperidine rings is 1. The van der Waals surface area contributed by atoms with E-state index >= 15 is 0 Å². The number of aryl methyl sites for hydroxylation is 1. The average molecular weight is 322 g/mol. The van der Waals surface area contributed by atoms with Gasteiger partial charge in [0, 0.05) is 19.7 Å². The molecule has 1 fully saturated rings. The Bertz CT molecular complexity index is 490. The van der Waals surface area contributed by atoms with E-state index < -0.39 is 0 Å². The standard InChI is InChI=1S/C18H30N2O3/c1-13(2)10-17(19-11-16-5-4-14(3)23-16)18(22)20-8-6-15(12-21)7-9-20/h4-5,13,15,17,19,21H,6-12H2,1-3H3. The maximum absolute atomic E-state index is 12.8. The van der Waals surface area contributed by atoms with Crippen molar-refractivity contribution >= 4 is 5.91 Å². The fraction of sp³-hybridized carbons (Fsp3) is 0.722. The number of likely N-dealkylation sites (tertiary alicyclic amines) is 1. The van der Waals surface area contributed by atoms with E-state index in [2.05, 4.69) is 19.2 Å². The molecule has 130 valence electrons. The Balaban J connectivity index is 1.92. The number of nitrogens with zero attached hydrogens (tertiary/aromatic N) is 1. The lowest BCUT2D eigenvalue weighted by Crippen LogP contribution is -2.49. The van der Waals surface area contributed by atoms with E-state index in [1.807, 2.05) is 24.0 Å². The number of rotatable bonds is 7. The fourth-order valence-corrected chi connectivity index (χ4v) is 3.10. The van der Waals surface area contributed by atoms with Crippen molar-refractivity contribution in [2.75, 3.05) is 19.7 Å². The van der Waals surface area contributed by atoms with E-state index in [0.29, 0.717) is 18.4 Å². The molecule has 5 heteroatoms. The van der Waals surface area contributed by atoms with Crippen LogP contribution in [-0.2, 0) is 11.3 Å². The van der Waals surface area contributed by atoms with Gasteiger partial charge in [0.15, 0.2) is 0 Å². The van der Waals surface area contributed by atoms with Crippen LogP contribution >= 0.6 is 0 Å². The molecular weight excluding hydrogens is 292 g/mol. The van der Waals surface area contributed by atoms with Gasteiger partial charge in [-0.25, -0.2) is 0 Å². The molecule has 23 heavy (non-hydrogen) atoms. The van der Waals surface area contributed by atoms with Crippen LogP contribution < -0.4 is 5.32 Å². The molecule has 1 aromatic heterocycles. The summed E-state index contributed by atoms with van der Waals surface area (Å²) in [6.07, 6.45) is 2.61. The van der Waals surface area contributed by atoms with Crippen LogP contribution in [0.15, 0.2) is 16.5 Å². The van der Waals surface area contributed by atoms with Gasteiger partial charge in [-0.05, 0) is 50.2 Å². The molecule has 0 aliphatic carbocycles. The summed E-state index contributed by atoms with van der Waals surface area (Å²) in [5.41, 5.74) is 0. The van der Waals surface area contributed by atoms with E-state index in [0.717, 1.165) is 43.9 Å². The maximum Gasteiger partial charge on any atom is 0.239 e. The molecule has 2 N–H and O–H groups in total. The summed E-state index contributed by atoms with van der Waals surface area (Å²) < 4.78 is 5.58. The number of hydrogen-bond donors (Lipinski definition) is 2. The quantitative estimate of drug-likeness (QED) is 0.808. The van der Waals surface area contributed by atoms with E-state index in [4.69, 9.17) is 4.42 Å². The van der Waals surface area contributed by atoms with Crippen LogP contribution in [-0.4, -0.2) is 41.7 Å². The minimum atomic E-state index is -0.175. The highest BCUT2D eigenvalue weighted by Crippen LogP contribution is 2.19. The second kappa shape index (κ2) is 8.50. The number of amides is 1. The van der Waals surface area contributed by atoms with Gasteiger partial charge in [-0.2, -0.15) is 0 Å². The van der Waals surface area contributed by atoms with Gasteiger partial charge in [0.1, 0.15) is 11.5 Å². The summed E-state index contributed by atoms with van der Waals surface area (Å²) in [4.78, 5) is 14.8. The number of aliphatic hydroxyl groups excluding tert-OH is 1. The van der Waals surface area contributed by atoms with Crippen LogP contribution in [0, 0.1) is 18.8 Å². The van der Waals surface area contributed by atoms with E-state index in [-0.39, 0.29) is 18.6 Å². The second-order valence-electron chi connectivity index (χ2n) is 7.03. The smallest absolute Gasteiger partial charge is 0.239 e. The van der Waals surface area contributed by atoms with Crippen LogP contribution in [0.25, 0.3) is 0 Å². The molecule has 0 saturated carbocycles. The number of aliphatic hydroxyl groups is 1. The van der Waals surface area contributed by atoms with Crippen molar-refractivity contribution in [3.63, 3.8) is 0 Å². The summed E-state index contributed by atoms with van der Waals surface area (Å²) in [5, 5.41) is 12.6. The zero-order chi connectivity index (χ0) is 16.8. The van der Waals surface area contributed by atoms with Gasteiger partial charge in [-0.15, -0.1) is 0 Å². The predicted molar refractivity (Wildman–Crippen MR) is 89.9 cm³/mol. The predicted octanol–water partition coefficient (Wildman–Crippen LogP) is 2.32. The second-order valence-corrected chi connectivity index (χ2v) is 7.03. The molecule has 1 atom stereocenters. The lowest BCUT2D eigenvalue weighted by Gasteiger charge is -2.34. The summed E-state index contributed by atoms with van der Waals surface area (Å²) in [6, 6.07) is 3.72. The number of carbonyl (C=O) groups excluding carboxylic acids is 1. The van der Waals surface area contributed by atoms with Crippen LogP contribution in [0.2, 0.25) is 0 Å². The molecule has 5 nitrogen and oxygen atoms in total. The Hall–Kier alpha value is -1.33. The number of carbonyl (C=O) groups is 1. The summed E-state index contributed by atoms with van der Waals surface area (Å²) >= 11 is 0. The van der Waals surface area contributed by atoms with Gasteiger partial charge >= 0.3 is 0 Å². The van der Waals surface area contributed by atoms with Crippen molar-refractivity contribution in [1.82, 2.24) is 10.2 Å². The van der Waals surface area contributed by atoms with Crippen molar-refractivity contribution in [3.05, 3.63) is 23.7 Å². The molecule has 0 radical (unpaired) electrons. The SMILES string of the molecule is Cc1ccc(CNC(CC(C)C)C(=O)N2CCC(CO)CC2)o1. The number of nitrogens with one attached hydrogen (secondary N) is 1. The van der Waals surface area contributed by atoms with Crippen LogP contribution in [0.4, 0.5) is 0 Å².